The highest BCUT2D eigenvalue weighted by molar-refractivity contribution is 7.80. The van der Waals surface area contributed by atoms with Crippen molar-refractivity contribution in [2.45, 2.75) is 17.9 Å². The number of hydrogen-bond donors (Lipinski definition) is 0. The van der Waals surface area contributed by atoms with Crippen LogP contribution in [0.3, 0.4) is 0 Å². The molecule has 1 unspecified atom stereocenters. The highest BCUT2D eigenvalue weighted by atomic mass is 32.2. The summed E-state index contributed by atoms with van der Waals surface area (Å²) < 4.78 is 22.5. The van der Waals surface area contributed by atoms with Gasteiger partial charge in [-0.15, -0.1) is 0 Å². The summed E-state index contributed by atoms with van der Waals surface area (Å²) in [6.45, 7) is 2.69. The quantitative estimate of drug-likeness (QED) is 0.823. The fraction of sp³-hybridized carbons (Fsp3) is 0.462. The van der Waals surface area contributed by atoms with E-state index in [1.165, 1.54) is 0 Å². The number of ether oxygens (including phenoxy) is 1. The van der Waals surface area contributed by atoms with E-state index in [2.05, 4.69) is 0 Å². The number of benzene rings is 1. The van der Waals surface area contributed by atoms with Crippen molar-refractivity contribution in [1.29, 1.82) is 0 Å². The summed E-state index contributed by atoms with van der Waals surface area (Å²) in [6.07, 6.45) is -0.225. The van der Waals surface area contributed by atoms with Gasteiger partial charge >= 0.3 is 0 Å². The predicted molar refractivity (Wildman–Crippen MR) is 70.9 cm³/mol. The van der Waals surface area contributed by atoms with E-state index >= 15 is 0 Å². The van der Waals surface area contributed by atoms with E-state index in [1.807, 2.05) is 19.1 Å². The second-order valence-corrected chi connectivity index (χ2v) is 5.72. The largest absolute Gasteiger partial charge is 0.364 e. The smallest absolute Gasteiger partial charge is 0.248 e. The average Bonchev–Trinajstić information content (AvgIpc) is 2.40. The Morgan fingerprint density at radius 2 is 2.11 bits per heavy atom. The molecular weight excluding hydrogens is 266 g/mol. The normalized spacial score (nSPS) is 21.5. The van der Waals surface area contributed by atoms with Crippen molar-refractivity contribution in [3.63, 3.8) is 0 Å². The molecular formula is C13H17NO4S. The highest BCUT2D eigenvalue weighted by Crippen LogP contribution is 2.11. The third-order valence-electron chi connectivity index (χ3n) is 2.92. The number of likely N-dealkylation sites (N-methyl/N-ethyl adjacent to an activating group) is 1. The first-order valence-electron chi connectivity index (χ1n) is 6.03. The zero-order chi connectivity index (χ0) is 13.8. The average molecular weight is 283 g/mol. The monoisotopic (exact) mass is 283 g/mol. The Kier molecular flexibility index (Phi) is 4.68. The third kappa shape index (κ3) is 3.86. The zero-order valence-corrected chi connectivity index (χ0v) is 11.8. The number of rotatable bonds is 4. The molecule has 0 aromatic heterocycles. The molecule has 1 saturated heterocycles. The van der Waals surface area contributed by atoms with Crippen molar-refractivity contribution < 1.29 is 17.9 Å². The van der Waals surface area contributed by atoms with Crippen LogP contribution in [0.2, 0.25) is 0 Å². The zero-order valence-electron chi connectivity index (χ0n) is 11.0. The molecule has 0 bridgehead atoms. The molecule has 0 saturated carbocycles. The Morgan fingerprint density at radius 3 is 2.74 bits per heavy atom. The van der Waals surface area contributed by atoms with Gasteiger partial charge in [-0.2, -0.15) is 0 Å². The molecule has 104 valence electrons. The molecule has 1 aliphatic heterocycles. The van der Waals surface area contributed by atoms with E-state index in [4.69, 9.17) is 8.92 Å². The van der Waals surface area contributed by atoms with Gasteiger partial charge in [-0.3, -0.25) is 8.98 Å². The van der Waals surface area contributed by atoms with Crippen LogP contribution >= 0.6 is 0 Å². The minimum atomic E-state index is -1.50. The van der Waals surface area contributed by atoms with Gasteiger partial charge in [0.15, 0.2) is 11.1 Å². The lowest BCUT2D eigenvalue weighted by Crippen LogP contribution is -2.46. The second kappa shape index (κ2) is 6.27. The Morgan fingerprint density at radius 1 is 1.42 bits per heavy atom. The van der Waals surface area contributed by atoms with Crippen LogP contribution in [0.15, 0.2) is 29.2 Å². The molecule has 6 heteroatoms. The summed E-state index contributed by atoms with van der Waals surface area (Å²) in [5.74, 6) is -0.0455. The third-order valence-corrected chi connectivity index (χ3v) is 3.93. The fourth-order valence-corrected chi connectivity index (χ4v) is 2.49. The van der Waals surface area contributed by atoms with Crippen LogP contribution in [0.4, 0.5) is 0 Å². The van der Waals surface area contributed by atoms with E-state index in [0.29, 0.717) is 11.4 Å². The number of carbonyl (C=O) groups is 1. The van der Waals surface area contributed by atoms with Crippen molar-refractivity contribution in [2.75, 3.05) is 26.8 Å². The van der Waals surface area contributed by atoms with Crippen LogP contribution in [-0.2, 0) is 24.8 Å². The van der Waals surface area contributed by atoms with E-state index < -0.39 is 11.1 Å². The minimum absolute atomic E-state index is 0.0455. The molecule has 0 aliphatic carbocycles. The van der Waals surface area contributed by atoms with E-state index in [0.717, 1.165) is 5.56 Å². The summed E-state index contributed by atoms with van der Waals surface area (Å²) in [4.78, 5) is 13.5. The molecule has 1 fully saturated rings. The Labute approximate surface area is 115 Å². The predicted octanol–water partition coefficient (Wildman–Crippen LogP) is 0.891. The van der Waals surface area contributed by atoms with Crippen molar-refractivity contribution in [1.82, 2.24) is 4.90 Å². The summed E-state index contributed by atoms with van der Waals surface area (Å²) in [5, 5.41) is 0. The van der Waals surface area contributed by atoms with Crippen molar-refractivity contribution in [2.24, 2.45) is 0 Å². The molecule has 2 atom stereocenters. The molecule has 19 heavy (non-hydrogen) atoms. The van der Waals surface area contributed by atoms with Gasteiger partial charge < -0.3 is 9.64 Å². The van der Waals surface area contributed by atoms with E-state index in [-0.39, 0.29) is 25.2 Å². The molecule has 1 aromatic rings. The van der Waals surface area contributed by atoms with Gasteiger partial charge in [0, 0.05) is 13.6 Å². The van der Waals surface area contributed by atoms with Gasteiger partial charge in [-0.05, 0) is 19.1 Å². The summed E-state index contributed by atoms with van der Waals surface area (Å²) >= 11 is -1.50. The van der Waals surface area contributed by atoms with Crippen molar-refractivity contribution in [3.05, 3.63) is 29.8 Å². The SMILES string of the molecule is Cc1ccc(S(=O)OC[C@@H]2CN(C)C(=O)CO2)cc1. The highest BCUT2D eigenvalue weighted by Gasteiger charge is 2.24. The van der Waals surface area contributed by atoms with Gasteiger partial charge in [0.05, 0.1) is 11.5 Å². The number of hydrogen-bond acceptors (Lipinski definition) is 4. The lowest BCUT2D eigenvalue weighted by atomic mass is 10.2. The standard InChI is InChI=1S/C13H17NO4S/c1-10-3-5-12(6-4-10)19(16)18-8-11-7-14(2)13(15)9-17-11/h3-6,11H,7-9H2,1-2H3/t11-,19?/m0/s1. The Balaban J connectivity index is 1.84. The van der Waals surface area contributed by atoms with Crippen molar-refractivity contribution in [3.8, 4) is 0 Å². The number of morpholine rings is 1. The molecule has 1 aromatic carbocycles. The number of carbonyl (C=O) groups excluding carboxylic acids is 1. The molecule has 5 nitrogen and oxygen atoms in total. The van der Waals surface area contributed by atoms with Gasteiger partial charge in [0.2, 0.25) is 5.91 Å². The molecule has 1 aliphatic rings. The summed E-state index contributed by atoms with van der Waals surface area (Å²) in [5.41, 5.74) is 1.11. The molecule has 1 heterocycles. The van der Waals surface area contributed by atoms with Crippen LogP contribution in [0.1, 0.15) is 5.56 Å². The van der Waals surface area contributed by atoms with Crippen LogP contribution in [0.5, 0.6) is 0 Å². The maximum Gasteiger partial charge on any atom is 0.248 e. The first-order chi connectivity index (χ1) is 9.06. The lowest BCUT2D eigenvalue weighted by molar-refractivity contribution is -0.148. The fourth-order valence-electron chi connectivity index (χ4n) is 1.72. The molecule has 1 amide bonds. The molecule has 2 rings (SSSR count). The summed E-state index contributed by atoms with van der Waals surface area (Å²) in [6, 6.07) is 7.34. The van der Waals surface area contributed by atoms with Gasteiger partial charge in [-0.25, -0.2) is 4.21 Å². The maximum atomic E-state index is 11.9. The summed E-state index contributed by atoms with van der Waals surface area (Å²) in [7, 11) is 1.72. The maximum absolute atomic E-state index is 11.9. The van der Waals surface area contributed by atoms with E-state index in [9.17, 15) is 9.00 Å². The Hall–Kier alpha value is -1.24. The van der Waals surface area contributed by atoms with Gasteiger partial charge in [0.25, 0.3) is 0 Å². The van der Waals surface area contributed by atoms with Gasteiger partial charge in [0.1, 0.15) is 12.7 Å². The Bertz CT molecular complexity index is 474. The number of amides is 1. The number of nitrogens with zero attached hydrogens (tertiary/aromatic N) is 1. The van der Waals surface area contributed by atoms with Crippen LogP contribution in [0.25, 0.3) is 0 Å². The first kappa shape index (κ1) is 14.2. The van der Waals surface area contributed by atoms with Gasteiger partial charge in [-0.1, -0.05) is 17.7 Å². The van der Waals surface area contributed by atoms with Crippen LogP contribution < -0.4 is 0 Å². The number of aryl methyl sites for hydroxylation is 1. The van der Waals surface area contributed by atoms with Crippen LogP contribution in [0, 0.1) is 6.92 Å². The molecule has 0 spiro atoms. The topological polar surface area (TPSA) is 55.8 Å². The molecule has 0 N–H and O–H groups in total. The van der Waals surface area contributed by atoms with Crippen molar-refractivity contribution >= 4 is 17.0 Å². The lowest BCUT2D eigenvalue weighted by Gasteiger charge is -2.29. The molecule has 0 radical (unpaired) electrons. The van der Waals surface area contributed by atoms with E-state index in [1.54, 1.807) is 24.1 Å². The second-order valence-electron chi connectivity index (χ2n) is 4.54. The van der Waals surface area contributed by atoms with Crippen LogP contribution in [-0.4, -0.2) is 47.9 Å². The minimum Gasteiger partial charge on any atom is -0.364 e. The first-order valence-corrected chi connectivity index (χ1v) is 7.11.